The molecule has 0 fully saturated rings. The Bertz CT molecular complexity index is 3180. The van der Waals surface area contributed by atoms with Crippen molar-refractivity contribution in [2.45, 2.75) is 67.0 Å². The number of alkyl halides is 24. The molecule has 7 rings (SSSR count). The summed E-state index contributed by atoms with van der Waals surface area (Å²) in [5.74, 6) is 3.43. The topological polar surface area (TPSA) is 43.4 Å². The van der Waals surface area contributed by atoms with E-state index in [9.17, 15) is 114 Å². The summed E-state index contributed by atoms with van der Waals surface area (Å²) in [6.07, 6.45) is -54.8. The van der Waals surface area contributed by atoms with Crippen molar-refractivity contribution in [3.05, 3.63) is 213 Å². The molecule has 0 aliphatic heterocycles. The van der Waals surface area contributed by atoms with E-state index in [1.54, 1.807) is 12.1 Å². The predicted octanol–water partition coefficient (Wildman–Crippen LogP) is 15.9. The Morgan fingerprint density at radius 2 is 0.655 bits per heavy atom. The Labute approximate surface area is 459 Å². The summed E-state index contributed by atoms with van der Waals surface area (Å²) in [6.45, 7) is 1.36. The van der Waals surface area contributed by atoms with Crippen LogP contribution in [0.4, 0.5) is 105 Å². The van der Waals surface area contributed by atoms with Gasteiger partial charge in [-0.05, 0) is 66.6 Å². The monoisotopic (exact) mass is 1240 g/mol. The first-order chi connectivity index (χ1) is 38.3. The van der Waals surface area contributed by atoms with E-state index in [4.69, 9.17) is 4.74 Å². The number of ether oxygens (including phenoxy) is 1. The van der Waals surface area contributed by atoms with E-state index in [1.165, 1.54) is 6.92 Å². The zero-order valence-corrected chi connectivity index (χ0v) is 42.3. The van der Waals surface area contributed by atoms with Crippen molar-refractivity contribution >= 4 is 43.9 Å². The van der Waals surface area contributed by atoms with Crippen LogP contribution >= 0.6 is 0 Å². The minimum Gasteiger partial charge on any atom is -0.427 e. The zero-order valence-electron chi connectivity index (χ0n) is 41.5. The van der Waals surface area contributed by atoms with Crippen LogP contribution in [0.25, 0.3) is 0 Å². The lowest BCUT2D eigenvalue weighted by molar-refractivity contribution is -0.144. The standard InChI is InChI=1S/C32H12BF24.C23H19O3S/c34-25(35,36)13-1-14(26(37,38)39)6-21(5-13)33(22-7-15(27(40,41)42)2-16(8-22)28(43,44)45,23-9-17(29(46,47)48)3-18(10-23)30(49,50)51)24-11-19(31(52,53)54)4-20(12-24)32(55,56)57;1-19(24)26-22-14-12-21(13-15-22)18-27(25,23-10-6-3-7-11-23)17-16-20-8-4-2-5-9-20/h1-12H;2-15H,18H2,1H3/q-1;+1. The molecule has 7 aromatic carbocycles. The molecule has 0 radical (unpaired) electrons. The molecule has 446 valence electrons. The van der Waals surface area contributed by atoms with Crippen molar-refractivity contribution in [3.8, 4) is 16.9 Å². The molecular weight excluding hydrogens is 1210 g/mol. The summed E-state index contributed by atoms with van der Waals surface area (Å²) in [6, 6.07) is 17.0. The molecule has 0 spiro atoms. The fraction of sp³-hybridized carbons (Fsp3) is 0.182. The van der Waals surface area contributed by atoms with Crippen LogP contribution in [-0.2, 0) is 74.1 Å². The van der Waals surface area contributed by atoms with E-state index >= 15 is 0 Å². The van der Waals surface area contributed by atoms with E-state index in [0.29, 0.717) is 10.6 Å². The molecule has 0 aliphatic rings. The van der Waals surface area contributed by atoms with Crippen LogP contribution in [0.1, 0.15) is 62.6 Å². The number of rotatable bonds is 8. The van der Waals surface area contributed by atoms with Gasteiger partial charge in [-0.25, -0.2) is 0 Å². The third kappa shape index (κ3) is 15.6. The molecule has 0 bridgehead atoms. The highest BCUT2D eigenvalue weighted by molar-refractivity contribution is 8.06. The van der Waals surface area contributed by atoms with Gasteiger partial charge in [0.15, 0.2) is 25.8 Å². The molecular formula is C55H31BF24O3S. The quantitative estimate of drug-likeness (QED) is 0.0380. The molecule has 1 unspecified atom stereocenters. The van der Waals surface area contributed by atoms with Gasteiger partial charge in [-0.15, -0.1) is 0 Å². The zero-order chi connectivity index (χ0) is 63.0. The van der Waals surface area contributed by atoms with Crippen molar-refractivity contribution in [2.75, 3.05) is 0 Å². The van der Waals surface area contributed by atoms with Crippen molar-refractivity contribution in [1.29, 1.82) is 0 Å². The number of carbonyl (C=O) groups is 1. The minimum absolute atomic E-state index is 0.289. The number of carbonyl (C=O) groups excluding carboxylic acids is 1. The summed E-state index contributed by atoms with van der Waals surface area (Å²) in [4.78, 5) is 11.8. The van der Waals surface area contributed by atoms with Gasteiger partial charge in [0.2, 0.25) is 0 Å². The molecule has 0 saturated carbocycles. The van der Waals surface area contributed by atoms with Gasteiger partial charge in [-0.2, -0.15) is 127 Å². The molecule has 0 aromatic heterocycles. The first-order valence-electron chi connectivity index (χ1n) is 23.1. The second-order valence-corrected chi connectivity index (χ2v) is 20.5. The van der Waals surface area contributed by atoms with Gasteiger partial charge in [0.1, 0.15) is 11.9 Å². The van der Waals surface area contributed by atoms with Crippen molar-refractivity contribution in [2.24, 2.45) is 0 Å². The summed E-state index contributed by atoms with van der Waals surface area (Å²) in [5.41, 5.74) is -28.5. The van der Waals surface area contributed by atoms with Crippen LogP contribution in [0, 0.1) is 11.2 Å². The second kappa shape index (κ2) is 23.3. The van der Waals surface area contributed by atoms with Crippen LogP contribution < -0.4 is 26.6 Å². The van der Waals surface area contributed by atoms with Crippen molar-refractivity contribution < 1.29 is 119 Å². The average Bonchev–Trinajstić information content (AvgIpc) is 0.743. The Balaban J connectivity index is 0.000000347. The molecule has 3 nitrogen and oxygen atoms in total. The number of hydrogen-bond acceptors (Lipinski definition) is 3. The van der Waals surface area contributed by atoms with Gasteiger partial charge in [-0.1, -0.05) is 101 Å². The molecule has 0 N–H and O–H groups in total. The molecule has 84 heavy (non-hydrogen) atoms. The third-order valence-corrected chi connectivity index (χ3v) is 14.5. The SMILES string of the molecule is CC(=O)Oc1ccc(C[S+](=O)(C#Cc2ccccc2)c2ccccc2)cc1.FC(F)(F)c1cc([B-](c2cc(C(F)(F)F)cc(C(F)(F)F)c2)(c2cc(C(F)(F)F)cc(C(F)(F)F)c2)c2cc(C(F)(F)F)cc(C(F)(F)F)c2)cc(C(F)(F)F)c1. The first kappa shape index (κ1) is 65.3. The summed E-state index contributed by atoms with van der Waals surface area (Å²) in [7, 11) is -2.62. The van der Waals surface area contributed by atoms with Gasteiger partial charge >= 0.3 is 55.4 Å². The van der Waals surface area contributed by atoms with E-state index in [1.807, 2.05) is 72.8 Å². The molecule has 0 aliphatic carbocycles. The van der Waals surface area contributed by atoms with E-state index in [0.717, 1.165) is 11.1 Å². The maximum atomic E-state index is 14.2. The smallest absolute Gasteiger partial charge is 0.416 e. The van der Waals surface area contributed by atoms with Gasteiger partial charge in [0.25, 0.3) is 0 Å². The lowest BCUT2D eigenvalue weighted by atomic mass is 9.12. The summed E-state index contributed by atoms with van der Waals surface area (Å²) >= 11 is 0. The van der Waals surface area contributed by atoms with Gasteiger partial charge in [0, 0.05) is 18.1 Å². The Kier molecular flexibility index (Phi) is 18.1. The van der Waals surface area contributed by atoms with E-state index in [2.05, 4.69) is 11.2 Å². The summed E-state index contributed by atoms with van der Waals surface area (Å²) < 4.78 is 360. The summed E-state index contributed by atoms with van der Waals surface area (Å²) in [5, 5.41) is 3.02. The Morgan fingerprint density at radius 3 is 0.905 bits per heavy atom. The third-order valence-electron chi connectivity index (χ3n) is 12.3. The molecule has 1 atom stereocenters. The fourth-order valence-electron chi connectivity index (χ4n) is 8.61. The highest BCUT2D eigenvalue weighted by atomic mass is 32.2. The maximum absolute atomic E-state index is 14.2. The molecule has 0 heterocycles. The van der Waals surface area contributed by atoms with E-state index < -0.39 is 205 Å². The van der Waals surface area contributed by atoms with Crippen LogP contribution in [0.3, 0.4) is 0 Å². The number of esters is 1. The van der Waals surface area contributed by atoms with Crippen LogP contribution in [-0.4, -0.2) is 12.1 Å². The number of benzene rings is 7. The molecule has 0 amide bonds. The van der Waals surface area contributed by atoms with Gasteiger partial charge < -0.3 is 4.74 Å². The lowest BCUT2D eigenvalue weighted by Crippen LogP contribution is -2.75. The van der Waals surface area contributed by atoms with Crippen molar-refractivity contribution in [3.63, 3.8) is 0 Å². The highest BCUT2D eigenvalue weighted by Gasteiger charge is 2.47. The Hall–Kier alpha value is -7.90. The molecule has 29 heteroatoms. The van der Waals surface area contributed by atoms with E-state index in [-0.39, 0.29) is 11.7 Å². The van der Waals surface area contributed by atoms with Gasteiger partial charge in [-0.3, -0.25) is 4.79 Å². The number of hydrogen-bond donors (Lipinski definition) is 0. The second-order valence-electron chi connectivity index (χ2n) is 18.2. The first-order valence-corrected chi connectivity index (χ1v) is 24.8. The largest absolute Gasteiger partial charge is 0.427 e. The number of halogens is 24. The Morgan fingerprint density at radius 1 is 0.393 bits per heavy atom. The van der Waals surface area contributed by atoms with Crippen LogP contribution in [0.5, 0.6) is 5.75 Å². The van der Waals surface area contributed by atoms with Crippen molar-refractivity contribution in [1.82, 2.24) is 0 Å². The predicted molar refractivity (Wildman–Crippen MR) is 258 cm³/mol. The maximum Gasteiger partial charge on any atom is 0.416 e. The average molecular weight is 1240 g/mol. The minimum atomic E-state index is -6.13. The van der Waals surface area contributed by atoms with Crippen LogP contribution in [0.15, 0.2) is 163 Å². The van der Waals surface area contributed by atoms with Crippen LogP contribution in [0.2, 0.25) is 0 Å². The molecule has 0 saturated heterocycles. The highest BCUT2D eigenvalue weighted by Crippen LogP contribution is 2.42. The van der Waals surface area contributed by atoms with Gasteiger partial charge in [0.05, 0.1) is 44.5 Å². The lowest BCUT2D eigenvalue weighted by Gasteiger charge is -2.46. The fourth-order valence-corrected chi connectivity index (χ4v) is 10.5. The molecule has 7 aromatic rings. The normalized spacial score (nSPS) is 13.7.